The smallest absolute Gasteiger partial charge is 0.218 e. The number of aromatic nitrogens is 2. The van der Waals surface area contributed by atoms with E-state index in [2.05, 4.69) is 54.8 Å². The van der Waals surface area contributed by atoms with Crippen LogP contribution in [0.25, 0.3) is 16.8 Å². The zero-order valence-electron chi connectivity index (χ0n) is 14.5. The van der Waals surface area contributed by atoms with E-state index >= 15 is 0 Å². The monoisotopic (exact) mass is 352 g/mol. The van der Waals surface area contributed by atoms with Crippen molar-refractivity contribution in [3.05, 3.63) is 70.8 Å². The first-order chi connectivity index (χ1) is 11.3. The van der Waals surface area contributed by atoms with Crippen LogP contribution in [-0.2, 0) is 0 Å². The van der Waals surface area contributed by atoms with Crippen LogP contribution in [0.5, 0.6) is 0 Å². The van der Waals surface area contributed by atoms with Gasteiger partial charge in [0.2, 0.25) is 5.28 Å². The number of hydrogen-bond donors (Lipinski definition) is 0. The van der Waals surface area contributed by atoms with Crippen LogP contribution in [-0.4, -0.2) is 18.0 Å². The lowest BCUT2D eigenvalue weighted by Crippen LogP contribution is -2.43. The fourth-order valence-electron chi connectivity index (χ4n) is 3.16. The quantitative estimate of drug-likeness (QED) is 0.432. The van der Waals surface area contributed by atoms with Crippen LogP contribution in [0.3, 0.4) is 0 Å². The Labute approximate surface area is 149 Å². The largest absolute Gasteiger partial charge is 0.223 e. The van der Waals surface area contributed by atoms with Gasteiger partial charge in [-0.05, 0) is 36.2 Å². The van der Waals surface area contributed by atoms with Crippen molar-refractivity contribution in [3.63, 3.8) is 0 Å². The summed E-state index contributed by atoms with van der Waals surface area (Å²) in [4.78, 5) is 9.19. The maximum atomic E-state index is 6.28. The third-order valence-corrected chi connectivity index (χ3v) is 8.72. The number of benzene rings is 1. The average molecular weight is 353 g/mol. The molecule has 1 aromatic carbocycles. The van der Waals surface area contributed by atoms with Gasteiger partial charge in [-0.25, -0.2) is 9.97 Å². The van der Waals surface area contributed by atoms with Crippen molar-refractivity contribution < 1.29 is 0 Å². The number of hydrogen-bond acceptors (Lipinski definition) is 2. The molecule has 0 N–H and O–H groups in total. The molecule has 24 heavy (non-hydrogen) atoms. The van der Waals surface area contributed by atoms with Crippen molar-refractivity contribution in [1.29, 1.82) is 0 Å². The maximum absolute atomic E-state index is 6.28. The number of halogens is 1. The normalized spacial score (nSPS) is 15.9. The Morgan fingerprint density at radius 1 is 1.12 bits per heavy atom. The molecule has 0 atom stereocenters. The number of nitrogens with zero attached hydrogens (tertiary/aromatic N) is 2. The van der Waals surface area contributed by atoms with Crippen LogP contribution in [0.4, 0.5) is 0 Å². The zero-order valence-corrected chi connectivity index (χ0v) is 16.3. The molecule has 0 fully saturated rings. The van der Waals surface area contributed by atoms with Crippen LogP contribution in [0, 0.1) is 0 Å². The topological polar surface area (TPSA) is 25.8 Å². The molecule has 1 aliphatic rings. The molecule has 0 unspecified atom stereocenters. The van der Waals surface area contributed by atoms with Crippen LogP contribution in [0.2, 0.25) is 18.4 Å². The van der Waals surface area contributed by atoms with Gasteiger partial charge in [0.15, 0.2) is 0 Å². The van der Waals surface area contributed by atoms with Gasteiger partial charge in [-0.15, -0.1) is 0 Å². The Bertz CT molecular complexity index is 880. The first kappa shape index (κ1) is 16.9. The summed E-state index contributed by atoms with van der Waals surface area (Å²) in [5, 5.41) is 2.98. The predicted octanol–water partition coefficient (Wildman–Crippen LogP) is 5.17. The van der Waals surface area contributed by atoms with Gasteiger partial charge < -0.3 is 0 Å². The molecular formula is C20H21ClN2Si. The highest BCUT2D eigenvalue weighted by Crippen LogP contribution is 2.36. The van der Waals surface area contributed by atoms with E-state index in [-0.39, 0.29) is 0 Å². The van der Waals surface area contributed by atoms with Crippen molar-refractivity contribution in [2.75, 3.05) is 0 Å². The van der Waals surface area contributed by atoms with E-state index in [1.54, 1.807) is 0 Å². The number of rotatable bonds is 3. The SMILES string of the molecule is C=C(C)C=CC1=C(C)[Si](C)(C)c2c1nc(Cl)nc2-c1ccccc1. The Balaban J connectivity index is 2.29. The molecule has 122 valence electrons. The van der Waals surface area contributed by atoms with E-state index in [1.165, 1.54) is 16.0 Å². The van der Waals surface area contributed by atoms with Crippen molar-refractivity contribution in [3.8, 4) is 11.3 Å². The van der Waals surface area contributed by atoms with Gasteiger partial charge >= 0.3 is 0 Å². The fourth-order valence-corrected chi connectivity index (χ4v) is 6.15. The second-order valence-corrected chi connectivity index (χ2v) is 11.6. The Morgan fingerprint density at radius 2 is 1.75 bits per heavy atom. The molecule has 1 aromatic heterocycles. The van der Waals surface area contributed by atoms with E-state index < -0.39 is 8.07 Å². The minimum Gasteiger partial charge on any atom is -0.218 e. The Morgan fingerprint density at radius 3 is 2.38 bits per heavy atom. The van der Waals surface area contributed by atoms with Gasteiger partial charge in [0.1, 0.15) is 8.07 Å². The second kappa shape index (κ2) is 6.15. The molecule has 0 saturated heterocycles. The summed E-state index contributed by atoms with van der Waals surface area (Å²) < 4.78 is 0. The first-order valence-electron chi connectivity index (χ1n) is 8.01. The summed E-state index contributed by atoms with van der Waals surface area (Å²) in [5.74, 6) is 0. The lowest BCUT2D eigenvalue weighted by atomic mass is 10.1. The molecule has 0 amide bonds. The summed E-state index contributed by atoms with van der Waals surface area (Å²) in [6.07, 6.45) is 4.16. The molecule has 0 saturated carbocycles. The zero-order chi connectivity index (χ0) is 17.5. The minimum absolute atomic E-state index is 0.299. The molecule has 4 heteroatoms. The second-order valence-electron chi connectivity index (χ2n) is 6.77. The van der Waals surface area contributed by atoms with Crippen molar-refractivity contribution >= 4 is 30.4 Å². The van der Waals surface area contributed by atoms with Crippen LogP contribution in [0.1, 0.15) is 19.5 Å². The average Bonchev–Trinajstić information content (AvgIpc) is 2.72. The van der Waals surface area contributed by atoms with Gasteiger partial charge in [-0.3, -0.25) is 0 Å². The molecule has 3 rings (SSSR count). The molecule has 2 nitrogen and oxygen atoms in total. The molecule has 2 aromatic rings. The van der Waals surface area contributed by atoms with E-state index in [4.69, 9.17) is 11.6 Å². The van der Waals surface area contributed by atoms with E-state index in [0.717, 1.165) is 22.5 Å². The molecule has 2 heterocycles. The standard InChI is InChI=1S/C20H21ClN2Si/c1-13(2)11-12-16-14(3)24(4,5)19-17(15-9-7-6-8-10-15)22-20(21)23-18(16)19/h6-12H,1H2,2-5H3. The summed E-state index contributed by atoms with van der Waals surface area (Å²) in [6.45, 7) is 12.9. The van der Waals surface area contributed by atoms with Gasteiger partial charge in [-0.2, -0.15) is 0 Å². The highest BCUT2D eigenvalue weighted by molar-refractivity contribution is 6.99. The summed E-state index contributed by atoms with van der Waals surface area (Å²) in [7, 11) is -1.83. The fraction of sp³-hybridized carbons (Fsp3) is 0.200. The Hall–Kier alpha value is -1.97. The van der Waals surface area contributed by atoms with Crippen molar-refractivity contribution in [2.24, 2.45) is 0 Å². The molecule has 0 radical (unpaired) electrons. The van der Waals surface area contributed by atoms with E-state index in [9.17, 15) is 0 Å². The Kier molecular flexibility index (Phi) is 4.32. The van der Waals surface area contributed by atoms with E-state index in [1.807, 2.05) is 31.2 Å². The molecule has 0 spiro atoms. The third kappa shape index (κ3) is 2.78. The lowest BCUT2D eigenvalue weighted by molar-refractivity contribution is 1.17. The molecule has 1 aliphatic heterocycles. The van der Waals surface area contributed by atoms with Crippen molar-refractivity contribution in [2.45, 2.75) is 26.9 Å². The number of fused-ring (bicyclic) bond motifs is 1. The predicted molar refractivity (Wildman–Crippen MR) is 106 cm³/mol. The lowest BCUT2D eigenvalue weighted by Gasteiger charge is -2.22. The highest BCUT2D eigenvalue weighted by atomic mass is 35.5. The van der Waals surface area contributed by atoms with Gasteiger partial charge in [0.05, 0.1) is 11.4 Å². The van der Waals surface area contributed by atoms with Crippen LogP contribution in [0.15, 0.2) is 59.8 Å². The summed E-state index contributed by atoms with van der Waals surface area (Å²) >= 11 is 6.28. The minimum atomic E-state index is -1.83. The van der Waals surface area contributed by atoms with Gasteiger partial charge in [0, 0.05) is 5.56 Å². The van der Waals surface area contributed by atoms with Crippen molar-refractivity contribution in [1.82, 2.24) is 9.97 Å². The van der Waals surface area contributed by atoms with Gasteiger partial charge in [-0.1, -0.05) is 72.9 Å². The van der Waals surface area contributed by atoms with Gasteiger partial charge in [0.25, 0.3) is 0 Å². The number of allylic oxidation sites excluding steroid dienone is 5. The summed E-state index contributed by atoms with van der Waals surface area (Å²) in [5.41, 5.74) is 5.25. The van der Waals surface area contributed by atoms with Crippen LogP contribution < -0.4 is 5.19 Å². The molecular weight excluding hydrogens is 332 g/mol. The maximum Gasteiger partial charge on any atom is 0.223 e. The summed E-state index contributed by atoms with van der Waals surface area (Å²) in [6, 6.07) is 10.2. The van der Waals surface area contributed by atoms with E-state index in [0.29, 0.717) is 5.28 Å². The molecule has 0 aliphatic carbocycles. The third-order valence-electron chi connectivity index (χ3n) is 4.69. The van der Waals surface area contributed by atoms with Crippen LogP contribution >= 0.6 is 11.6 Å². The highest BCUT2D eigenvalue weighted by Gasteiger charge is 2.40. The first-order valence-corrected chi connectivity index (χ1v) is 11.4. The molecule has 0 bridgehead atoms.